The van der Waals surface area contributed by atoms with Gasteiger partial charge in [-0.25, -0.2) is 0 Å². The molecule has 0 N–H and O–H groups in total. The van der Waals surface area contributed by atoms with Gasteiger partial charge < -0.3 is 13.7 Å². The maximum Gasteiger partial charge on any atom is 0.249 e. The minimum atomic E-state index is 0. The molecule has 0 saturated heterocycles. The second-order valence-corrected chi connectivity index (χ2v) is 8.02. The lowest BCUT2D eigenvalue weighted by Gasteiger charge is -2.22. The molecule has 1 fully saturated rings. The molecule has 1 saturated carbocycles. The van der Waals surface area contributed by atoms with E-state index in [-0.39, 0.29) is 12.4 Å². The summed E-state index contributed by atoms with van der Waals surface area (Å²) in [7, 11) is 1.74. The zero-order chi connectivity index (χ0) is 20.2. The molecule has 7 heteroatoms. The molecule has 1 aromatic carbocycles. The summed E-state index contributed by atoms with van der Waals surface area (Å²) >= 11 is 0. The Bertz CT molecular complexity index is 942. The van der Waals surface area contributed by atoms with Crippen molar-refractivity contribution in [3.8, 4) is 17.2 Å². The first kappa shape index (κ1) is 22.6. The van der Waals surface area contributed by atoms with E-state index in [2.05, 4.69) is 45.8 Å². The largest absolute Gasteiger partial charge is 0.495 e. The maximum atomic E-state index is 6.07. The number of hydrogen-bond donors (Lipinski definition) is 0. The molecule has 164 valence electrons. The summed E-state index contributed by atoms with van der Waals surface area (Å²) in [6.07, 6.45) is 8.83. The molecule has 3 aromatic rings. The second kappa shape index (κ2) is 10.3. The Morgan fingerprint density at radius 1 is 1.13 bits per heavy atom. The van der Waals surface area contributed by atoms with Gasteiger partial charge in [0.25, 0.3) is 0 Å². The van der Waals surface area contributed by atoms with E-state index in [9.17, 15) is 0 Å². The molecule has 2 heterocycles. The van der Waals surface area contributed by atoms with Crippen LogP contribution in [-0.2, 0) is 13.1 Å². The monoisotopic (exact) mass is 432 g/mol. The van der Waals surface area contributed by atoms with Gasteiger partial charge in [0.15, 0.2) is 0 Å². The lowest BCUT2D eigenvalue weighted by atomic mass is 9.89. The van der Waals surface area contributed by atoms with Crippen LogP contribution in [0.4, 0.5) is 0 Å². The molecule has 0 amide bonds. The van der Waals surface area contributed by atoms with E-state index < -0.39 is 0 Å². The normalized spacial score (nSPS) is 14.9. The summed E-state index contributed by atoms with van der Waals surface area (Å²) in [6.45, 7) is 7.91. The first-order valence-electron chi connectivity index (χ1n) is 10.9. The van der Waals surface area contributed by atoms with E-state index in [4.69, 9.17) is 9.15 Å². The molecule has 0 radical (unpaired) electrons. The standard InChI is InChI=1S/C23H32N4O2.ClH/c1-4-26(5-2)16-21-24-25-23(29-21)19-15-27(14-17-10-7-6-8-11-17)22-18(19)12-9-13-20(22)28-3;/h9,12-13,15,17H,4-8,10-11,14,16H2,1-3H3;1H. The third-order valence-electron chi connectivity index (χ3n) is 6.21. The molecule has 4 rings (SSSR count). The van der Waals surface area contributed by atoms with Crippen LogP contribution in [0.15, 0.2) is 28.8 Å². The fourth-order valence-electron chi connectivity index (χ4n) is 4.52. The predicted molar refractivity (Wildman–Crippen MR) is 122 cm³/mol. The van der Waals surface area contributed by atoms with Crippen molar-refractivity contribution in [2.45, 2.75) is 59.0 Å². The highest BCUT2D eigenvalue weighted by Gasteiger charge is 2.21. The van der Waals surface area contributed by atoms with Gasteiger partial charge in [0, 0.05) is 18.1 Å². The average molecular weight is 433 g/mol. The van der Waals surface area contributed by atoms with Crippen LogP contribution >= 0.6 is 12.4 Å². The highest BCUT2D eigenvalue weighted by atomic mass is 35.5. The highest BCUT2D eigenvalue weighted by Crippen LogP contribution is 2.37. The van der Waals surface area contributed by atoms with Crippen molar-refractivity contribution in [1.29, 1.82) is 0 Å². The first-order chi connectivity index (χ1) is 14.2. The third kappa shape index (κ3) is 4.65. The van der Waals surface area contributed by atoms with Crippen LogP contribution in [0.25, 0.3) is 22.4 Å². The smallest absolute Gasteiger partial charge is 0.249 e. The number of aromatic nitrogens is 3. The summed E-state index contributed by atoms with van der Waals surface area (Å²) in [5.41, 5.74) is 2.12. The van der Waals surface area contributed by atoms with Crippen LogP contribution in [0, 0.1) is 5.92 Å². The van der Waals surface area contributed by atoms with Gasteiger partial charge >= 0.3 is 0 Å². The minimum absolute atomic E-state index is 0. The van der Waals surface area contributed by atoms with Crippen LogP contribution in [0.3, 0.4) is 0 Å². The van der Waals surface area contributed by atoms with Crippen molar-refractivity contribution >= 4 is 23.3 Å². The molecule has 0 spiro atoms. The number of fused-ring (bicyclic) bond motifs is 1. The molecule has 0 aliphatic heterocycles. The van der Waals surface area contributed by atoms with E-state index in [1.165, 1.54) is 32.1 Å². The molecular formula is C23H33ClN4O2. The summed E-state index contributed by atoms with van der Waals surface area (Å²) in [5.74, 6) is 2.87. The molecule has 0 bridgehead atoms. The number of methoxy groups -OCH3 is 1. The predicted octanol–water partition coefficient (Wildman–Crippen LogP) is 5.54. The van der Waals surface area contributed by atoms with E-state index in [1.807, 2.05) is 12.1 Å². The van der Waals surface area contributed by atoms with Gasteiger partial charge in [-0.05, 0) is 37.9 Å². The fraction of sp³-hybridized carbons (Fsp3) is 0.565. The van der Waals surface area contributed by atoms with E-state index in [0.717, 1.165) is 47.8 Å². The maximum absolute atomic E-state index is 6.07. The number of benzene rings is 1. The van der Waals surface area contributed by atoms with Gasteiger partial charge in [0.05, 0.1) is 24.7 Å². The van der Waals surface area contributed by atoms with E-state index in [0.29, 0.717) is 18.3 Å². The Hall–Kier alpha value is -2.05. The van der Waals surface area contributed by atoms with Gasteiger partial charge in [-0.1, -0.05) is 45.2 Å². The quantitative estimate of drug-likeness (QED) is 0.467. The first-order valence-corrected chi connectivity index (χ1v) is 10.9. The van der Waals surface area contributed by atoms with Crippen LogP contribution in [0.5, 0.6) is 5.75 Å². The molecule has 1 aliphatic carbocycles. The molecule has 1 aliphatic rings. The Kier molecular flexibility index (Phi) is 7.78. The van der Waals surface area contributed by atoms with Gasteiger partial charge in [-0.2, -0.15) is 0 Å². The lowest BCUT2D eigenvalue weighted by molar-refractivity contribution is 0.264. The Morgan fingerprint density at radius 3 is 2.60 bits per heavy atom. The highest BCUT2D eigenvalue weighted by molar-refractivity contribution is 5.97. The number of para-hydroxylation sites is 1. The van der Waals surface area contributed by atoms with Crippen molar-refractivity contribution in [2.24, 2.45) is 5.92 Å². The fourth-order valence-corrected chi connectivity index (χ4v) is 4.52. The third-order valence-corrected chi connectivity index (χ3v) is 6.21. The van der Waals surface area contributed by atoms with Crippen LogP contribution in [0.2, 0.25) is 0 Å². The number of rotatable bonds is 8. The lowest BCUT2D eigenvalue weighted by Crippen LogP contribution is -2.22. The van der Waals surface area contributed by atoms with Crippen LogP contribution < -0.4 is 4.74 Å². The topological polar surface area (TPSA) is 56.3 Å². The Morgan fingerprint density at radius 2 is 1.90 bits per heavy atom. The average Bonchev–Trinajstić information content (AvgIpc) is 3.37. The van der Waals surface area contributed by atoms with Gasteiger partial charge in [-0.15, -0.1) is 22.6 Å². The summed E-state index contributed by atoms with van der Waals surface area (Å²) in [5, 5.41) is 9.79. The van der Waals surface area contributed by atoms with Crippen molar-refractivity contribution < 1.29 is 9.15 Å². The Balaban J connectivity index is 0.00000256. The van der Waals surface area contributed by atoms with Crippen molar-refractivity contribution in [2.75, 3.05) is 20.2 Å². The molecule has 2 aromatic heterocycles. The van der Waals surface area contributed by atoms with Crippen molar-refractivity contribution in [1.82, 2.24) is 19.7 Å². The van der Waals surface area contributed by atoms with E-state index in [1.54, 1.807) is 7.11 Å². The van der Waals surface area contributed by atoms with E-state index >= 15 is 0 Å². The zero-order valence-electron chi connectivity index (χ0n) is 18.3. The zero-order valence-corrected chi connectivity index (χ0v) is 19.1. The van der Waals surface area contributed by atoms with Crippen LogP contribution in [0.1, 0.15) is 51.8 Å². The molecule has 30 heavy (non-hydrogen) atoms. The van der Waals surface area contributed by atoms with Gasteiger partial charge in [0.1, 0.15) is 5.75 Å². The molecule has 0 atom stereocenters. The van der Waals surface area contributed by atoms with Crippen molar-refractivity contribution in [3.63, 3.8) is 0 Å². The summed E-state index contributed by atoms with van der Waals surface area (Å²) in [4.78, 5) is 2.27. The molecule has 6 nitrogen and oxygen atoms in total. The Labute approximate surface area is 185 Å². The molecular weight excluding hydrogens is 400 g/mol. The van der Waals surface area contributed by atoms with Crippen LogP contribution in [-0.4, -0.2) is 39.9 Å². The number of ether oxygens (including phenoxy) is 1. The summed E-state index contributed by atoms with van der Waals surface area (Å²) < 4.78 is 14.1. The SMILES string of the molecule is CCN(CC)Cc1nnc(-c2cn(CC3CCCCC3)c3c(OC)cccc23)o1.Cl. The molecule has 0 unspecified atom stereocenters. The number of nitrogens with zero attached hydrogens (tertiary/aromatic N) is 4. The number of hydrogen-bond acceptors (Lipinski definition) is 5. The van der Waals surface area contributed by atoms with Gasteiger partial charge in [0.2, 0.25) is 11.8 Å². The van der Waals surface area contributed by atoms with Gasteiger partial charge in [-0.3, -0.25) is 4.90 Å². The second-order valence-electron chi connectivity index (χ2n) is 8.02. The summed E-state index contributed by atoms with van der Waals surface area (Å²) in [6, 6.07) is 6.19. The van der Waals surface area contributed by atoms with Crippen molar-refractivity contribution in [3.05, 3.63) is 30.3 Å². The number of halogens is 1. The minimum Gasteiger partial charge on any atom is -0.495 e.